The van der Waals surface area contributed by atoms with Gasteiger partial charge >= 0.3 is 11.9 Å². The number of non-ortho nitro benzene ring substituents is 1. The lowest BCUT2D eigenvalue weighted by atomic mass is 9.80. The van der Waals surface area contributed by atoms with Gasteiger partial charge in [0.05, 0.1) is 40.9 Å². The molecule has 2 rings (SSSR count). The highest BCUT2D eigenvalue weighted by molar-refractivity contribution is 6.00. The van der Waals surface area contributed by atoms with E-state index >= 15 is 0 Å². The van der Waals surface area contributed by atoms with Crippen LogP contribution in [0.25, 0.3) is 0 Å². The number of allylic oxidation sites excluding steroid dienone is 1. The van der Waals surface area contributed by atoms with E-state index in [1.54, 1.807) is 26.8 Å². The fraction of sp³-hybridized carbons (Fsp3) is 0.429. The first-order valence-electron chi connectivity index (χ1n) is 9.47. The molecule has 0 saturated heterocycles. The highest BCUT2D eigenvalue weighted by Gasteiger charge is 2.41. The van der Waals surface area contributed by atoms with E-state index in [9.17, 15) is 19.7 Å². The van der Waals surface area contributed by atoms with Crippen molar-refractivity contribution in [2.24, 2.45) is 0 Å². The summed E-state index contributed by atoms with van der Waals surface area (Å²) in [5, 5.41) is 14.3. The van der Waals surface area contributed by atoms with Crippen LogP contribution in [0, 0.1) is 10.1 Å². The second-order valence-corrected chi connectivity index (χ2v) is 7.03. The van der Waals surface area contributed by atoms with Crippen molar-refractivity contribution in [2.45, 2.75) is 39.1 Å². The Labute approximate surface area is 180 Å². The molecular formula is C21H26N2O8. The van der Waals surface area contributed by atoms with Crippen molar-refractivity contribution in [2.75, 3.05) is 21.3 Å². The molecule has 1 N–H and O–H groups in total. The molecule has 1 aromatic rings. The zero-order valence-corrected chi connectivity index (χ0v) is 18.3. The number of dihydropyridines is 1. The summed E-state index contributed by atoms with van der Waals surface area (Å²) in [6.45, 7) is 5.03. The lowest BCUT2D eigenvalue weighted by molar-refractivity contribution is -0.384. The number of hydrogen-bond donors (Lipinski definition) is 1. The van der Waals surface area contributed by atoms with E-state index in [0.29, 0.717) is 11.3 Å². The Morgan fingerprint density at radius 2 is 1.74 bits per heavy atom. The number of esters is 2. The largest absolute Gasteiger partial charge is 0.466 e. The molecule has 168 valence electrons. The number of methoxy groups -OCH3 is 3. The molecule has 1 heterocycles. The molecule has 10 nitrogen and oxygen atoms in total. The number of nitrogens with one attached hydrogen (secondary N) is 1. The molecule has 1 aromatic carbocycles. The van der Waals surface area contributed by atoms with Crippen molar-refractivity contribution in [3.05, 3.63) is 62.5 Å². The van der Waals surface area contributed by atoms with Gasteiger partial charge in [-0.3, -0.25) is 10.1 Å². The Kier molecular flexibility index (Phi) is 7.89. The molecule has 0 unspecified atom stereocenters. The molecule has 0 radical (unpaired) electrons. The number of nitrogens with zero attached hydrogens (tertiary/aromatic N) is 1. The molecule has 1 aliphatic heterocycles. The maximum absolute atomic E-state index is 13.0. The first kappa shape index (κ1) is 24.0. The van der Waals surface area contributed by atoms with Crippen LogP contribution in [0.2, 0.25) is 0 Å². The lowest BCUT2D eigenvalue weighted by Crippen LogP contribution is -2.38. The van der Waals surface area contributed by atoms with Gasteiger partial charge in [0.1, 0.15) is 0 Å². The van der Waals surface area contributed by atoms with Gasteiger partial charge in [-0.1, -0.05) is 12.1 Å². The first-order valence-corrected chi connectivity index (χ1v) is 9.47. The van der Waals surface area contributed by atoms with Crippen LogP contribution in [0.4, 0.5) is 5.69 Å². The number of carbonyl (C=O) groups is 2. The van der Waals surface area contributed by atoms with Crippen molar-refractivity contribution in [3.8, 4) is 0 Å². The van der Waals surface area contributed by atoms with Crippen LogP contribution in [0.3, 0.4) is 0 Å². The van der Waals surface area contributed by atoms with E-state index in [2.05, 4.69) is 5.32 Å². The summed E-state index contributed by atoms with van der Waals surface area (Å²) >= 11 is 0. The van der Waals surface area contributed by atoms with E-state index < -0.39 is 35.2 Å². The second-order valence-electron chi connectivity index (χ2n) is 7.03. The zero-order valence-electron chi connectivity index (χ0n) is 18.3. The van der Waals surface area contributed by atoms with Crippen LogP contribution in [-0.2, 0) is 28.5 Å². The van der Waals surface area contributed by atoms with Crippen LogP contribution in [0.1, 0.15) is 32.3 Å². The highest BCUT2D eigenvalue weighted by Crippen LogP contribution is 2.41. The molecule has 0 aromatic heterocycles. The maximum atomic E-state index is 13.0. The van der Waals surface area contributed by atoms with Gasteiger partial charge in [-0.25, -0.2) is 9.59 Å². The van der Waals surface area contributed by atoms with Crippen LogP contribution >= 0.6 is 0 Å². The van der Waals surface area contributed by atoms with E-state index in [4.69, 9.17) is 18.9 Å². The van der Waals surface area contributed by atoms with Crippen LogP contribution in [0.15, 0.2) is 46.8 Å². The average molecular weight is 434 g/mol. The Hall–Kier alpha value is -3.24. The summed E-state index contributed by atoms with van der Waals surface area (Å²) < 4.78 is 21.0. The van der Waals surface area contributed by atoms with Gasteiger partial charge in [0.15, 0.2) is 6.29 Å². The molecule has 0 bridgehead atoms. The van der Waals surface area contributed by atoms with Gasteiger partial charge in [0.2, 0.25) is 0 Å². The summed E-state index contributed by atoms with van der Waals surface area (Å²) in [6.07, 6.45) is -1.40. The summed E-state index contributed by atoms with van der Waals surface area (Å²) in [7, 11) is 3.98. The standard InChI is InChI=1S/C21H26N2O8/c1-11(2)31-20(25)15-12(3)22-18(21(29-5)30-6)17(19(24)28-4)16(15)13-8-7-9-14(10-13)23(26)27/h7-11,16,21-22H,1-6H3/t16-/m1/s1. The molecule has 0 saturated carbocycles. The van der Waals surface area contributed by atoms with Crippen molar-refractivity contribution in [3.63, 3.8) is 0 Å². The number of carbonyl (C=O) groups excluding carboxylic acids is 2. The van der Waals surface area contributed by atoms with Gasteiger partial charge in [-0.15, -0.1) is 0 Å². The van der Waals surface area contributed by atoms with Gasteiger partial charge in [-0.2, -0.15) is 0 Å². The monoisotopic (exact) mass is 434 g/mol. The SMILES string of the molecule is COC(=O)C1=C(C(OC)OC)NC(C)=C(C(=O)OC(C)C)[C@H]1c1cccc([N+](=O)[O-])c1. The fourth-order valence-electron chi connectivity index (χ4n) is 3.41. The highest BCUT2D eigenvalue weighted by atomic mass is 16.7. The Morgan fingerprint density at radius 1 is 1.10 bits per heavy atom. The van der Waals surface area contributed by atoms with Crippen molar-refractivity contribution < 1.29 is 33.5 Å². The van der Waals surface area contributed by atoms with Crippen molar-refractivity contribution >= 4 is 17.6 Å². The number of nitro groups is 1. The summed E-state index contributed by atoms with van der Waals surface area (Å²) in [5.74, 6) is -2.42. The molecule has 0 amide bonds. The normalized spacial score (nSPS) is 16.5. The zero-order chi connectivity index (χ0) is 23.3. The Balaban J connectivity index is 2.83. The predicted octanol–water partition coefficient (Wildman–Crippen LogP) is 2.55. The molecular weight excluding hydrogens is 408 g/mol. The maximum Gasteiger partial charge on any atom is 0.337 e. The first-order chi connectivity index (χ1) is 14.7. The lowest BCUT2D eigenvalue weighted by Gasteiger charge is -2.33. The molecule has 0 aliphatic carbocycles. The smallest absolute Gasteiger partial charge is 0.337 e. The van der Waals surface area contributed by atoms with Gasteiger partial charge in [0, 0.05) is 32.0 Å². The van der Waals surface area contributed by atoms with Crippen molar-refractivity contribution in [1.82, 2.24) is 5.32 Å². The summed E-state index contributed by atoms with van der Waals surface area (Å²) in [5.41, 5.74) is 0.929. The molecule has 0 spiro atoms. The van der Waals surface area contributed by atoms with Gasteiger partial charge in [-0.05, 0) is 26.3 Å². The van der Waals surface area contributed by atoms with E-state index in [-0.39, 0.29) is 22.5 Å². The number of rotatable bonds is 8. The van der Waals surface area contributed by atoms with E-state index in [0.717, 1.165) is 0 Å². The average Bonchev–Trinajstić information content (AvgIpc) is 2.73. The van der Waals surface area contributed by atoms with Crippen LogP contribution in [-0.4, -0.2) is 50.6 Å². The summed E-state index contributed by atoms with van der Waals surface area (Å²) in [4.78, 5) is 36.7. The molecule has 0 fully saturated rings. The van der Waals surface area contributed by atoms with Crippen LogP contribution in [0.5, 0.6) is 0 Å². The minimum atomic E-state index is -1.01. The fourth-order valence-corrected chi connectivity index (χ4v) is 3.41. The number of benzene rings is 1. The topological polar surface area (TPSA) is 126 Å². The summed E-state index contributed by atoms with van der Waals surface area (Å²) in [6, 6.07) is 5.70. The quantitative estimate of drug-likeness (QED) is 0.284. The van der Waals surface area contributed by atoms with E-state index in [1.165, 1.54) is 39.5 Å². The van der Waals surface area contributed by atoms with Gasteiger partial charge in [0.25, 0.3) is 5.69 Å². The Bertz CT molecular complexity index is 931. The minimum Gasteiger partial charge on any atom is -0.466 e. The second kappa shape index (κ2) is 10.2. The third-order valence-electron chi connectivity index (χ3n) is 4.64. The van der Waals surface area contributed by atoms with Crippen LogP contribution < -0.4 is 5.32 Å². The molecule has 1 atom stereocenters. The Morgan fingerprint density at radius 3 is 2.26 bits per heavy atom. The number of ether oxygens (including phenoxy) is 4. The molecule has 1 aliphatic rings. The van der Waals surface area contributed by atoms with Crippen molar-refractivity contribution in [1.29, 1.82) is 0 Å². The minimum absolute atomic E-state index is 0.0259. The van der Waals surface area contributed by atoms with Gasteiger partial charge < -0.3 is 24.3 Å². The molecule has 31 heavy (non-hydrogen) atoms. The van der Waals surface area contributed by atoms with E-state index in [1.807, 2.05) is 0 Å². The number of hydrogen-bond acceptors (Lipinski definition) is 9. The third kappa shape index (κ3) is 5.09. The third-order valence-corrected chi connectivity index (χ3v) is 4.64. The molecule has 10 heteroatoms. The predicted molar refractivity (Wildman–Crippen MR) is 110 cm³/mol. The number of nitro benzene ring substituents is 1.